The van der Waals surface area contributed by atoms with E-state index in [0.29, 0.717) is 17.7 Å². The van der Waals surface area contributed by atoms with Gasteiger partial charge in [-0.05, 0) is 43.2 Å². The molecule has 0 unspecified atom stereocenters. The number of aliphatic hydroxyl groups excluding tert-OH is 1. The molecule has 0 fully saturated rings. The molecule has 1 heterocycles. The van der Waals surface area contributed by atoms with Crippen molar-refractivity contribution in [1.82, 2.24) is 4.98 Å². The Morgan fingerprint density at radius 3 is 2.71 bits per heavy atom. The minimum Gasteiger partial charge on any atom is -0.396 e. The van der Waals surface area contributed by atoms with Crippen LogP contribution in [-0.2, 0) is 6.42 Å². The molecule has 0 aliphatic carbocycles. The largest absolute Gasteiger partial charge is 0.396 e. The number of aromatic nitrogens is 1. The molecule has 6 heteroatoms. The zero-order valence-corrected chi connectivity index (χ0v) is 14.5. The topological polar surface area (TPSA) is 82.2 Å². The van der Waals surface area contributed by atoms with Crippen molar-refractivity contribution in [3.8, 4) is 0 Å². The van der Waals surface area contributed by atoms with Crippen molar-refractivity contribution in [3.63, 3.8) is 0 Å². The monoisotopic (exact) mass is 344 g/mol. The molecule has 5 nitrogen and oxygen atoms in total. The lowest BCUT2D eigenvalue weighted by Crippen LogP contribution is -2.36. The number of hydrogen-bond donors (Lipinski definition) is 3. The smallest absolute Gasteiger partial charge is 0.249 e. The normalized spacial score (nSPS) is 11.5. The summed E-state index contributed by atoms with van der Waals surface area (Å²) in [6.45, 7) is 3.90. The van der Waals surface area contributed by atoms with Gasteiger partial charge in [0.05, 0.1) is 11.4 Å². The van der Waals surface area contributed by atoms with Gasteiger partial charge in [-0.2, -0.15) is 0 Å². The molecule has 0 radical (unpaired) electrons. The lowest BCUT2D eigenvalue weighted by atomic mass is 10.1. The number of anilines is 2. The van der Waals surface area contributed by atoms with Gasteiger partial charge in [0, 0.05) is 34.2 Å². The van der Waals surface area contributed by atoms with Crippen LogP contribution in [0.5, 0.6) is 0 Å². The van der Waals surface area contributed by atoms with Crippen LogP contribution in [0.3, 0.4) is 0 Å². The van der Waals surface area contributed by atoms with E-state index in [9.17, 15) is 9.59 Å². The van der Waals surface area contributed by atoms with Gasteiger partial charge in [0.25, 0.3) is 0 Å². The summed E-state index contributed by atoms with van der Waals surface area (Å²) in [7, 11) is 0. The number of thioether (sulfide) groups is 1. The van der Waals surface area contributed by atoms with Crippen LogP contribution < -0.4 is 16.2 Å². The second-order valence-electron chi connectivity index (χ2n) is 5.72. The number of rotatable bonds is 7. The van der Waals surface area contributed by atoms with Crippen molar-refractivity contribution in [2.75, 3.05) is 17.7 Å². The molecule has 1 aromatic heterocycles. The van der Waals surface area contributed by atoms with E-state index in [1.54, 1.807) is 18.7 Å². The second kappa shape index (κ2) is 6.83. The third-order valence-corrected chi connectivity index (χ3v) is 5.18. The molecule has 0 saturated heterocycles. The maximum Gasteiger partial charge on any atom is 0.249 e. The van der Waals surface area contributed by atoms with E-state index in [1.807, 2.05) is 18.3 Å². The molecule has 0 spiro atoms. The van der Waals surface area contributed by atoms with Crippen molar-refractivity contribution in [2.24, 2.45) is 0 Å². The number of aromatic amines is 1. The molecule has 0 saturated carbocycles. The third kappa shape index (κ3) is 2.76. The fourth-order valence-corrected chi connectivity index (χ4v) is 3.86. The molecule has 3 N–H and O–H groups in total. The van der Waals surface area contributed by atoms with E-state index < -0.39 is 10.9 Å². The fourth-order valence-electron chi connectivity index (χ4n) is 2.91. The van der Waals surface area contributed by atoms with Crippen LogP contribution in [0, 0.1) is 6.92 Å². The highest BCUT2D eigenvalue weighted by Crippen LogP contribution is 2.38. The average Bonchev–Trinajstić information content (AvgIpc) is 3.01. The quantitative estimate of drug-likeness (QED) is 0.453. The Labute approximate surface area is 143 Å². The standard InChI is InChI=1S/C18H20N2O3S/c1-3-24-18-13(20-15-10(2)16(22)17(15)23)7-6-12-14(18)11(9-19-12)5-4-8-21/h6-7,9,19-21H,3-5,8H2,1-2H3. The van der Waals surface area contributed by atoms with E-state index in [0.717, 1.165) is 39.2 Å². The number of nitrogens with one attached hydrogen (secondary N) is 2. The first-order chi connectivity index (χ1) is 11.6. The Hall–Kier alpha value is -2.05. The van der Waals surface area contributed by atoms with Gasteiger partial charge in [0.2, 0.25) is 10.9 Å². The Morgan fingerprint density at radius 2 is 2.04 bits per heavy atom. The number of benzene rings is 1. The van der Waals surface area contributed by atoms with Crippen LogP contribution in [0.1, 0.15) is 24.5 Å². The highest BCUT2D eigenvalue weighted by Gasteiger charge is 2.19. The summed E-state index contributed by atoms with van der Waals surface area (Å²) >= 11 is 1.70. The molecular formula is C18H20N2O3S. The SMILES string of the molecule is CCSc1c(Nc2c(C)c(=O)c2=O)ccc2[nH]cc(CCCO)c12. The van der Waals surface area contributed by atoms with Crippen LogP contribution in [0.4, 0.5) is 11.4 Å². The lowest BCUT2D eigenvalue weighted by molar-refractivity contribution is 0.289. The molecule has 3 aromatic rings. The number of aryl methyl sites for hydroxylation is 1. The van der Waals surface area contributed by atoms with E-state index in [2.05, 4.69) is 17.2 Å². The first-order valence-electron chi connectivity index (χ1n) is 8.02. The Morgan fingerprint density at radius 1 is 1.25 bits per heavy atom. The number of H-pyrrole nitrogens is 1. The highest BCUT2D eigenvalue weighted by molar-refractivity contribution is 7.99. The maximum absolute atomic E-state index is 11.8. The van der Waals surface area contributed by atoms with Crippen molar-refractivity contribution in [3.05, 3.63) is 49.9 Å². The molecule has 2 aromatic carbocycles. The zero-order valence-electron chi connectivity index (χ0n) is 13.7. The van der Waals surface area contributed by atoms with E-state index in [4.69, 9.17) is 5.11 Å². The van der Waals surface area contributed by atoms with Gasteiger partial charge in [0.15, 0.2) is 0 Å². The third-order valence-electron chi connectivity index (χ3n) is 4.18. The second-order valence-corrected chi connectivity index (χ2v) is 7.00. The molecule has 0 amide bonds. The van der Waals surface area contributed by atoms with Gasteiger partial charge < -0.3 is 15.4 Å². The van der Waals surface area contributed by atoms with Gasteiger partial charge in [-0.1, -0.05) is 6.92 Å². The summed E-state index contributed by atoms with van der Waals surface area (Å²) in [4.78, 5) is 27.5. The Kier molecular flexibility index (Phi) is 4.78. The summed E-state index contributed by atoms with van der Waals surface area (Å²) in [6.07, 6.45) is 3.47. The summed E-state index contributed by atoms with van der Waals surface area (Å²) in [5.41, 5.74) is 3.05. The van der Waals surface area contributed by atoms with E-state index >= 15 is 0 Å². The van der Waals surface area contributed by atoms with Gasteiger partial charge in [-0.25, -0.2) is 0 Å². The first kappa shape index (κ1) is 16.8. The molecule has 0 aliphatic rings. The van der Waals surface area contributed by atoms with Crippen LogP contribution in [0.25, 0.3) is 10.9 Å². The summed E-state index contributed by atoms with van der Waals surface area (Å²) in [5, 5.41) is 13.4. The Balaban J connectivity index is 2.08. The summed E-state index contributed by atoms with van der Waals surface area (Å²) in [6, 6.07) is 3.91. The van der Waals surface area contributed by atoms with Crippen LogP contribution in [0.2, 0.25) is 0 Å². The van der Waals surface area contributed by atoms with Crippen molar-refractivity contribution >= 4 is 34.0 Å². The minimum absolute atomic E-state index is 0.156. The molecule has 0 atom stereocenters. The fraction of sp³-hybridized carbons (Fsp3) is 0.333. The van der Waals surface area contributed by atoms with Gasteiger partial charge in [-0.15, -0.1) is 11.8 Å². The number of hydrogen-bond acceptors (Lipinski definition) is 5. The zero-order chi connectivity index (χ0) is 17.3. The van der Waals surface area contributed by atoms with Crippen molar-refractivity contribution in [1.29, 1.82) is 0 Å². The van der Waals surface area contributed by atoms with Crippen LogP contribution in [0.15, 0.2) is 32.8 Å². The molecular weight excluding hydrogens is 324 g/mol. The number of aliphatic hydroxyl groups is 1. The predicted molar refractivity (Wildman–Crippen MR) is 99.5 cm³/mol. The summed E-state index contributed by atoms with van der Waals surface area (Å²) in [5.74, 6) is 0.892. The van der Waals surface area contributed by atoms with Crippen molar-refractivity contribution in [2.45, 2.75) is 31.6 Å². The maximum atomic E-state index is 11.8. The van der Waals surface area contributed by atoms with E-state index in [-0.39, 0.29) is 6.61 Å². The molecule has 126 valence electrons. The highest BCUT2D eigenvalue weighted by atomic mass is 32.2. The molecule has 24 heavy (non-hydrogen) atoms. The predicted octanol–water partition coefficient (Wildman–Crippen LogP) is 2.85. The van der Waals surface area contributed by atoms with Crippen LogP contribution >= 0.6 is 11.8 Å². The van der Waals surface area contributed by atoms with Gasteiger partial charge in [-0.3, -0.25) is 9.59 Å². The molecule has 3 rings (SSSR count). The molecule has 0 bridgehead atoms. The first-order valence-corrected chi connectivity index (χ1v) is 9.00. The minimum atomic E-state index is -0.449. The van der Waals surface area contributed by atoms with Gasteiger partial charge >= 0.3 is 0 Å². The summed E-state index contributed by atoms with van der Waals surface area (Å²) < 4.78 is 0. The lowest BCUT2D eigenvalue weighted by Gasteiger charge is -2.15. The number of fused-ring (bicyclic) bond motifs is 1. The van der Waals surface area contributed by atoms with Gasteiger partial charge in [0.1, 0.15) is 0 Å². The van der Waals surface area contributed by atoms with E-state index in [1.165, 1.54) is 0 Å². The molecule has 0 aliphatic heterocycles. The van der Waals surface area contributed by atoms with Crippen LogP contribution in [-0.4, -0.2) is 22.5 Å². The average molecular weight is 344 g/mol. The van der Waals surface area contributed by atoms with Crippen molar-refractivity contribution < 1.29 is 5.11 Å². The Bertz CT molecular complexity index is 951.